The summed E-state index contributed by atoms with van der Waals surface area (Å²) in [5, 5.41) is 8.11. The molecule has 1 aromatic rings. The Labute approximate surface area is 122 Å². The van der Waals surface area contributed by atoms with Gasteiger partial charge in [0, 0.05) is 6.54 Å². The van der Waals surface area contributed by atoms with Crippen LogP contribution in [0.15, 0.2) is 18.2 Å². The number of carbonyl (C=O) groups is 1. The van der Waals surface area contributed by atoms with Gasteiger partial charge in [-0.25, -0.2) is 13.6 Å². The number of benzene rings is 1. The van der Waals surface area contributed by atoms with Crippen molar-refractivity contribution in [2.45, 2.75) is 12.8 Å². The van der Waals surface area contributed by atoms with E-state index < -0.39 is 15.9 Å². The van der Waals surface area contributed by atoms with Crippen LogP contribution in [-0.2, 0) is 14.8 Å². The molecule has 0 aliphatic rings. The molecule has 0 unspecified atom stereocenters. The molecule has 0 fully saturated rings. The number of sulfonamides is 1. The fraction of sp³-hybridized carbons (Fsp3) is 0.364. The lowest BCUT2D eigenvalue weighted by Crippen LogP contribution is -2.33. The van der Waals surface area contributed by atoms with Gasteiger partial charge in [0.15, 0.2) is 0 Å². The maximum Gasteiger partial charge on any atom is 0.227 e. The van der Waals surface area contributed by atoms with E-state index in [1.54, 1.807) is 25.1 Å². The van der Waals surface area contributed by atoms with Gasteiger partial charge in [-0.05, 0) is 24.6 Å². The van der Waals surface area contributed by atoms with Crippen molar-refractivity contribution in [2.75, 3.05) is 12.3 Å². The second-order valence-electron chi connectivity index (χ2n) is 4.05. The molecule has 0 saturated carbocycles. The van der Waals surface area contributed by atoms with E-state index in [1.165, 1.54) is 0 Å². The quantitative estimate of drug-likeness (QED) is 0.860. The van der Waals surface area contributed by atoms with Crippen molar-refractivity contribution in [3.63, 3.8) is 0 Å². The van der Waals surface area contributed by atoms with Gasteiger partial charge in [-0.2, -0.15) is 0 Å². The summed E-state index contributed by atoms with van der Waals surface area (Å²) in [6, 6.07) is 4.90. The van der Waals surface area contributed by atoms with Gasteiger partial charge < -0.3 is 5.32 Å². The van der Waals surface area contributed by atoms with Crippen LogP contribution in [0.25, 0.3) is 0 Å². The van der Waals surface area contributed by atoms with Crippen molar-refractivity contribution in [3.8, 4) is 0 Å². The van der Waals surface area contributed by atoms with Crippen LogP contribution < -0.4 is 10.5 Å². The predicted octanol–water partition coefficient (Wildman–Crippen LogP) is 1.50. The molecule has 0 saturated heterocycles. The maximum absolute atomic E-state index is 11.8. The number of rotatable bonds is 5. The molecule has 0 radical (unpaired) electrons. The van der Waals surface area contributed by atoms with Gasteiger partial charge in [0.05, 0.1) is 21.7 Å². The first-order chi connectivity index (χ1) is 8.70. The van der Waals surface area contributed by atoms with Crippen molar-refractivity contribution in [1.29, 1.82) is 0 Å². The highest BCUT2D eigenvalue weighted by atomic mass is 35.5. The molecule has 106 valence electrons. The zero-order valence-corrected chi connectivity index (χ0v) is 12.5. The van der Waals surface area contributed by atoms with Crippen LogP contribution in [0.1, 0.15) is 18.4 Å². The van der Waals surface area contributed by atoms with Crippen molar-refractivity contribution in [3.05, 3.63) is 33.8 Å². The Morgan fingerprint density at radius 2 is 2.00 bits per heavy atom. The normalized spacial score (nSPS) is 13.1. The highest BCUT2D eigenvalue weighted by Crippen LogP contribution is 2.26. The Bertz CT molecular complexity index is 575. The topological polar surface area (TPSA) is 89.3 Å². The molecule has 0 heterocycles. The standard InChI is InChI=1S/C11H14Cl2N2O3S/c1-7(8-2-3-9(12)10(13)6-8)11(16)15-4-5-19(14,17)18/h2-3,6-7H,4-5H2,1H3,(H,15,16)(H2,14,17,18)/t7-/m0/s1. The average molecular weight is 325 g/mol. The van der Waals surface area contributed by atoms with E-state index in [2.05, 4.69) is 5.32 Å². The molecule has 0 aliphatic carbocycles. The minimum Gasteiger partial charge on any atom is -0.355 e. The summed E-state index contributed by atoms with van der Waals surface area (Å²) in [5.74, 6) is -1.07. The fourth-order valence-electron chi connectivity index (χ4n) is 1.40. The lowest BCUT2D eigenvalue weighted by Gasteiger charge is -2.13. The van der Waals surface area contributed by atoms with Crippen LogP contribution in [0.5, 0.6) is 0 Å². The Balaban J connectivity index is 2.64. The number of carbonyl (C=O) groups excluding carboxylic acids is 1. The fourth-order valence-corrected chi connectivity index (χ4v) is 2.10. The molecule has 1 atom stereocenters. The SMILES string of the molecule is C[C@H](C(=O)NCCS(N)(=O)=O)c1ccc(Cl)c(Cl)c1. The van der Waals surface area contributed by atoms with Gasteiger partial charge in [-0.1, -0.05) is 29.3 Å². The van der Waals surface area contributed by atoms with E-state index >= 15 is 0 Å². The molecule has 1 amide bonds. The number of nitrogens with two attached hydrogens (primary N) is 1. The van der Waals surface area contributed by atoms with E-state index in [0.29, 0.717) is 15.6 Å². The van der Waals surface area contributed by atoms with Crippen LogP contribution in [0.3, 0.4) is 0 Å². The molecule has 0 aliphatic heterocycles. The number of hydrogen-bond acceptors (Lipinski definition) is 3. The Morgan fingerprint density at radius 3 is 2.53 bits per heavy atom. The lowest BCUT2D eigenvalue weighted by atomic mass is 10.0. The molecule has 3 N–H and O–H groups in total. The first kappa shape index (κ1) is 16.2. The van der Waals surface area contributed by atoms with Gasteiger partial charge >= 0.3 is 0 Å². The zero-order valence-electron chi connectivity index (χ0n) is 10.2. The molecule has 1 rings (SSSR count). The van der Waals surface area contributed by atoms with Crippen LogP contribution in [0.4, 0.5) is 0 Å². The summed E-state index contributed by atoms with van der Waals surface area (Å²) in [5.41, 5.74) is 0.697. The second kappa shape index (κ2) is 6.56. The first-order valence-corrected chi connectivity index (χ1v) is 7.91. The lowest BCUT2D eigenvalue weighted by molar-refractivity contribution is -0.122. The van der Waals surface area contributed by atoms with Crippen LogP contribution >= 0.6 is 23.2 Å². The minimum atomic E-state index is -3.58. The highest BCUT2D eigenvalue weighted by Gasteiger charge is 2.16. The van der Waals surface area contributed by atoms with Gasteiger partial charge in [-0.3, -0.25) is 4.79 Å². The summed E-state index contributed by atoms with van der Waals surface area (Å²) in [7, 11) is -3.58. The third kappa shape index (κ3) is 5.36. The second-order valence-corrected chi connectivity index (χ2v) is 6.60. The third-order valence-electron chi connectivity index (χ3n) is 2.52. The minimum absolute atomic E-state index is 0.0245. The van der Waals surface area contributed by atoms with Crippen LogP contribution in [0.2, 0.25) is 10.0 Å². The van der Waals surface area contributed by atoms with E-state index in [1.807, 2.05) is 0 Å². The Morgan fingerprint density at radius 1 is 1.37 bits per heavy atom. The van der Waals surface area contributed by atoms with Crippen molar-refractivity contribution in [2.24, 2.45) is 5.14 Å². The molecule has 8 heteroatoms. The monoisotopic (exact) mass is 324 g/mol. The first-order valence-electron chi connectivity index (χ1n) is 5.44. The van der Waals surface area contributed by atoms with Crippen molar-refractivity contribution < 1.29 is 13.2 Å². The van der Waals surface area contributed by atoms with Gasteiger partial charge in [0.25, 0.3) is 0 Å². The van der Waals surface area contributed by atoms with E-state index in [0.717, 1.165) is 0 Å². The highest BCUT2D eigenvalue weighted by molar-refractivity contribution is 7.89. The molecular formula is C11H14Cl2N2O3S. The average Bonchev–Trinajstić information content (AvgIpc) is 2.30. The van der Waals surface area contributed by atoms with E-state index in [-0.39, 0.29) is 18.2 Å². The van der Waals surface area contributed by atoms with Crippen LogP contribution in [-0.4, -0.2) is 26.6 Å². The number of hydrogen-bond donors (Lipinski definition) is 2. The van der Waals surface area contributed by atoms with E-state index in [4.69, 9.17) is 28.3 Å². The number of nitrogens with one attached hydrogen (secondary N) is 1. The Hall–Kier alpha value is -0.820. The molecule has 0 aromatic heterocycles. The predicted molar refractivity (Wildman–Crippen MR) is 75.9 cm³/mol. The van der Waals surface area contributed by atoms with E-state index in [9.17, 15) is 13.2 Å². The van der Waals surface area contributed by atoms with Crippen LogP contribution in [0, 0.1) is 0 Å². The van der Waals surface area contributed by atoms with Crippen molar-refractivity contribution >= 4 is 39.1 Å². The molecule has 1 aromatic carbocycles. The molecule has 0 spiro atoms. The largest absolute Gasteiger partial charge is 0.355 e. The summed E-state index contributed by atoms with van der Waals surface area (Å²) in [6.07, 6.45) is 0. The summed E-state index contributed by atoms with van der Waals surface area (Å²) >= 11 is 11.7. The zero-order chi connectivity index (χ0) is 14.6. The molecule has 5 nitrogen and oxygen atoms in total. The van der Waals surface area contributed by atoms with Gasteiger partial charge in [-0.15, -0.1) is 0 Å². The summed E-state index contributed by atoms with van der Waals surface area (Å²) in [6.45, 7) is 1.66. The molecule has 19 heavy (non-hydrogen) atoms. The van der Waals surface area contributed by atoms with Gasteiger partial charge in [0.2, 0.25) is 15.9 Å². The Kier molecular flexibility index (Phi) is 5.61. The smallest absolute Gasteiger partial charge is 0.227 e. The third-order valence-corrected chi connectivity index (χ3v) is 4.03. The molecular weight excluding hydrogens is 311 g/mol. The van der Waals surface area contributed by atoms with Gasteiger partial charge in [0.1, 0.15) is 0 Å². The maximum atomic E-state index is 11.8. The number of amides is 1. The number of primary sulfonamides is 1. The van der Waals surface area contributed by atoms with Crippen molar-refractivity contribution in [1.82, 2.24) is 5.32 Å². The summed E-state index contributed by atoms with van der Waals surface area (Å²) < 4.78 is 21.5. The number of halogens is 2. The summed E-state index contributed by atoms with van der Waals surface area (Å²) in [4.78, 5) is 11.8. The molecule has 0 bridgehead atoms.